The van der Waals surface area contributed by atoms with Gasteiger partial charge in [0.25, 0.3) is 0 Å². The number of rotatable bonds is 8. The van der Waals surface area contributed by atoms with E-state index in [1.165, 1.54) is 5.56 Å². The number of benzene rings is 1. The summed E-state index contributed by atoms with van der Waals surface area (Å²) in [5.74, 6) is 1.68. The number of nitrogens with zero attached hydrogens (tertiary/aromatic N) is 3. The Morgan fingerprint density at radius 1 is 1.38 bits per heavy atom. The molecule has 1 heterocycles. The van der Waals surface area contributed by atoms with Crippen LogP contribution in [0.25, 0.3) is 0 Å². The highest BCUT2D eigenvalue weighted by Gasteiger charge is 2.11. The SMILES string of the molecule is CCCn1ncnc1CC(O)CCOc1cccc(C)c1. The van der Waals surface area contributed by atoms with E-state index in [2.05, 4.69) is 17.0 Å². The molecule has 1 aromatic carbocycles. The van der Waals surface area contributed by atoms with Crippen molar-refractivity contribution in [1.82, 2.24) is 14.8 Å². The second-order valence-corrected chi connectivity index (χ2v) is 5.21. The number of aromatic nitrogens is 3. The highest BCUT2D eigenvalue weighted by Crippen LogP contribution is 2.13. The molecule has 0 spiro atoms. The van der Waals surface area contributed by atoms with Crippen LogP contribution in [-0.2, 0) is 13.0 Å². The Morgan fingerprint density at radius 3 is 3.00 bits per heavy atom. The summed E-state index contributed by atoms with van der Waals surface area (Å²) in [6.45, 7) is 5.45. The molecule has 1 unspecified atom stereocenters. The van der Waals surface area contributed by atoms with Gasteiger partial charge in [-0.2, -0.15) is 5.10 Å². The summed E-state index contributed by atoms with van der Waals surface area (Å²) in [6.07, 6.45) is 3.17. The van der Waals surface area contributed by atoms with Crippen molar-refractivity contribution in [3.05, 3.63) is 42.0 Å². The summed E-state index contributed by atoms with van der Waals surface area (Å²) >= 11 is 0. The van der Waals surface area contributed by atoms with Crippen molar-refractivity contribution >= 4 is 0 Å². The van der Waals surface area contributed by atoms with Crippen LogP contribution < -0.4 is 4.74 Å². The van der Waals surface area contributed by atoms with E-state index in [0.717, 1.165) is 24.5 Å². The lowest BCUT2D eigenvalue weighted by Gasteiger charge is -2.12. The molecule has 21 heavy (non-hydrogen) atoms. The van der Waals surface area contributed by atoms with Crippen molar-refractivity contribution in [3.63, 3.8) is 0 Å². The molecule has 0 aliphatic heterocycles. The Morgan fingerprint density at radius 2 is 2.24 bits per heavy atom. The van der Waals surface area contributed by atoms with E-state index in [9.17, 15) is 5.11 Å². The molecule has 0 saturated heterocycles. The maximum absolute atomic E-state index is 10.1. The van der Waals surface area contributed by atoms with Crippen LogP contribution >= 0.6 is 0 Å². The van der Waals surface area contributed by atoms with Gasteiger partial charge < -0.3 is 9.84 Å². The molecular weight excluding hydrogens is 266 g/mol. The molecule has 5 heteroatoms. The van der Waals surface area contributed by atoms with Gasteiger partial charge in [-0.3, -0.25) is 4.68 Å². The lowest BCUT2D eigenvalue weighted by atomic mass is 10.2. The van der Waals surface area contributed by atoms with Gasteiger partial charge in [-0.25, -0.2) is 4.98 Å². The summed E-state index contributed by atoms with van der Waals surface area (Å²) in [4.78, 5) is 4.20. The van der Waals surface area contributed by atoms with E-state index < -0.39 is 6.10 Å². The molecule has 0 aliphatic carbocycles. The van der Waals surface area contributed by atoms with E-state index in [0.29, 0.717) is 19.4 Å². The lowest BCUT2D eigenvalue weighted by Crippen LogP contribution is -2.18. The average molecular weight is 289 g/mol. The van der Waals surface area contributed by atoms with Crippen molar-refractivity contribution in [1.29, 1.82) is 0 Å². The predicted octanol–water partition coefficient (Wildman–Crippen LogP) is 2.37. The molecule has 0 bridgehead atoms. The molecule has 0 amide bonds. The standard InChI is InChI=1S/C16H23N3O2/c1-3-8-19-16(17-12-18-19)11-14(20)7-9-21-15-6-4-5-13(2)10-15/h4-6,10,12,14,20H,3,7-9,11H2,1-2H3. The third kappa shape index (κ3) is 4.86. The van der Waals surface area contributed by atoms with Crippen molar-refractivity contribution < 1.29 is 9.84 Å². The minimum absolute atomic E-state index is 0.463. The molecule has 0 aliphatic rings. The minimum atomic E-state index is -0.463. The fourth-order valence-corrected chi connectivity index (χ4v) is 2.18. The number of aryl methyl sites for hydroxylation is 2. The van der Waals surface area contributed by atoms with Crippen LogP contribution in [-0.4, -0.2) is 32.6 Å². The molecule has 114 valence electrons. The molecule has 0 radical (unpaired) electrons. The highest BCUT2D eigenvalue weighted by atomic mass is 16.5. The van der Waals surface area contributed by atoms with Crippen molar-refractivity contribution in [3.8, 4) is 5.75 Å². The van der Waals surface area contributed by atoms with Crippen LogP contribution in [0.2, 0.25) is 0 Å². The summed E-state index contributed by atoms with van der Waals surface area (Å²) in [6, 6.07) is 7.91. The van der Waals surface area contributed by atoms with Gasteiger partial charge in [0.15, 0.2) is 0 Å². The first-order valence-electron chi connectivity index (χ1n) is 7.43. The molecule has 1 aromatic heterocycles. The van der Waals surface area contributed by atoms with Gasteiger partial charge in [0.2, 0.25) is 0 Å². The zero-order chi connectivity index (χ0) is 15.1. The first-order valence-corrected chi connectivity index (χ1v) is 7.43. The number of ether oxygens (including phenoxy) is 1. The van der Waals surface area contributed by atoms with Gasteiger partial charge in [0.1, 0.15) is 17.9 Å². The summed E-state index contributed by atoms with van der Waals surface area (Å²) in [7, 11) is 0. The molecule has 5 nitrogen and oxygen atoms in total. The van der Waals surface area contributed by atoms with E-state index in [1.54, 1.807) is 6.33 Å². The molecule has 1 atom stereocenters. The fourth-order valence-electron chi connectivity index (χ4n) is 2.18. The van der Waals surface area contributed by atoms with Crippen LogP contribution in [0.15, 0.2) is 30.6 Å². The maximum Gasteiger partial charge on any atom is 0.138 e. The Labute approximate surface area is 125 Å². The van der Waals surface area contributed by atoms with E-state index in [1.807, 2.05) is 35.9 Å². The average Bonchev–Trinajstić information content (AvgIpc) is 2.86. The van der Waals surface area contributed by atoms with Gasteiger partial charge in [0, 0.05) is 19.4 Å². The smallest absolute Gasteiger partial charge is 0.138 e. The lowest BCUT2D eigenvalue weighted by molar-refractivity contribution is 0.136. The molecule has 1 N–H and O–H groups in total. The third-order valence-corrected chi connectivity index (χ3v) is 3.26. The topological polar surface area (TPSA) is 60.2 Å². The first-order chi connectivity index (χ1) is 10.2. The Kier molecular flexibility index (Phi) is 5.75. The second kappa shape index (κ2) is 7.78. The van der Waals surface area contributed by atoms with Crippen LogP contribution in [0.1, 0.15) is 31.2 Å². The van der Waals surface area contributed by atoms with Gasteiger partial charge in [-0.05, 0) is 31.0 Å². The fraction of sp³-hybridized carbons (Fsp3) is 0.500. The maximum atomic E-state index is 10.1. The largest absolute Gasteiger partial charge is 0.493 e. The van der Waals surface area contributed by atoms with Crippen molar-refractivity contribution in [2.75, 3.05) is 6.61 Å². The van der Waals surface area contributed by atoms with Gasteiger partial charge in [-0.15, -0.1) is 0 Å². The van der Waals surface area contributed by atoms with Crippen LogP contribution in [0, 0.1) is 6.92 Å². The molecule has 0 fully saturated rings. The van der Waals surface area contributed by atoms with E-state index >= 15 is 0 Å². The summed E-state index contributed by atoms with van der Waals surface area (Å²) < 4.78 is 7.50. The van der Waals surface area contributed by atoms with Gasteiger partial charge >= 0.3 is 0 Å². The predicted molar refractivity (Wildman–Crippen MR) is 81.3 cm³/mol. The second-order valence-electron chi connectivity index (χ2n) is 5.21. The zero-order valence-corrected chi connectivity index (χ0v) is 12.7. The van der Waals surface area contributed by atoms with Crippen molar-refractivity contribution in [2.45, 2.75) is 45.8 Å². The van der Waals surface area contributed by atoms with Crippen LogP contribution in [0.4, 0.5) is 0 Å². The number of aliphatic hydroxyl groups excluding tert-OH is 1. The van der Waals surface area contributed by atoms with Gasteiger partial charge in [0.05, 0.1) is 12.7 Å². The van der Waals surface area contributed by atoms with Crippen LogP contribution in [0.5, 0.6) is 5.75 Å². The number of hydrogen-bond donors (Lipinski definition) is 1. The molecule has 0 saturated carbocycles. The normalized spacial score (nSPS) is 12.3. The molecule has 2 rings (SSSR count). The minimum Gasteiger partial charge on any atom is -0.493 e. The Bertz CT molecular complexity index is 554. The Balaban J connectivity index is 1.77. The molecular formula is C16H23N3O2. The molecule has 2 aromatic rings. The van der Waals surface area contributed by atoms with Gasteiger partial charge in [-0.1, -0.05) is 19.1 Å². The monoisotopic (exact) mass is 289 g/mol. The number of hydrogen-bond acceptors (Lipinski definition) is 4. The van der Waals surface area contributed by atoms with E-state index in [-0.39, 0.29) is 0 Å². The quantitative estimate of drug-likeness (QED) is 0.810. The Hall–Kier alpha value is -1.88. The van der Waals surface area contributed by atoms with Crippen LogP contribution in [0.3, 0.4) is 0 Å². The number of aliphatic hydroxyl groups is 1. The zero-order valence-electron chi connectivity index (χ0n) is 12.7. The third-order valence-electron chi connectivity index (χ3n) is 3.26. The van der Waals surface area contributed by atoms with E-state index in [4.69, 9.17) is 4.74 Å². The highest BCUT2D eigenvalue weighted by molar-refractivity contribution is 5.27. The first kappa shape index (κ1) is 15.5. The van der Waals surface area contributed by atoms with Crippen molar-refractivity contribution in [2.24, 2.45) is 0 Å². The summed E-state index contributed by atoms with van der Waals surface area (Å²) in [5.41, 5.74) is 1.17. The summed E-state index contributed by atoms with van der Waals surface area (Å²) in [5, 5.41) is 14.2.